The summed E-state index contributed by atoms with van der Waals surface area (Å²) in [4.78, 5) is 12.0. The lowest BCUT2D eigenvalue weighted by Gasteiger charge is -2.22. The Kier molecular flexibility index (Phi) is 4.90. The lowest BCUT2D eigenvalue weighted by Crippen LogP contribution is -2.41. The second kappa shape index (κ2) is 6.91. The van der Waals surface area contributed by atoms with Crippen molar-refractivity contribution in [1.29, 1.82) is 0 Å². The van der Waals surface area contributed by atoms with Gasteiger partial charge in [-0.25, -0.2) is 0 Å². The molecule has 0 unspecified atom stereocenters. The number of benzene rings is 1. The van der Waals surface area contributed by atoms with E-state index in [2.05, 4.69) is 36.6 Å². The summed E-state index contributed by atoms with van der Waals surface area (Å²) in [6.45, 7) is 5.32. The molecule has 1 fully saturated rings. The minimum absolute atomic E-state index is 0.103. The van der Waals surface area contributed by atoms with Gasteiger partial charge in [0.15, 0.2) is 0 Å². The van der Waals surface area contributed by atoms with Crippen molar-refractivity contribution in [3.05, 3.63) is 29.3 Å². The van der Waals surface area contributed by atoms with E-state index in [-0.39, 0.29) is 11.5 Å². The molecule has 1 aromatic carbocycles. The molecule has 0 aromatic heterocycles. The van der Waals surface area contributed by atoms with Crippen molar-refractivity contribution in [1.82, 2.24) is 10.6 Å². The van der Waals surface area contributed by atoms with Crippen LogP contribution in [0.2, 0.25) is 0 Å². The normalized spacial score (nSPS) is 19.9. The number of ether oxygens (including phenoxy) is 1. The molecular weight excluding hydrogens is 288 g/mol. The molecule has 2 aliphatic rings. The lowest BCUT2D eigenvalue weighted by molar-refractivity contribution is -0.121. The van der Waals surface area contributed by atoms with Gasteiger partial charge in [0.05, 0.1) is 6.54 Å². The monoisotopic (exact) mass is 316 g/mol. The topological polar surface area (TPSA) is 50.4 Å². The molecule has 1 aromatic rings. The molecular formula is C19H28N2O2. The summed E-state index contributed by atoms with van der Waals surface area (Å²) in [5, 5.41) is 6.39. The first-order valence-electron chi connectivity index (χ1n) is 8.83. The van der Waals surface area contributed by atoms with Gasteiger partial charge in [0.1, 0.15) is 11.4 Å². The number of fused-ring (bicyclic) bond motifs is 1. The van der Waals surface area contributed by atoms with E-state index in [0.717, 1.165) is 25.0 Å². The summed E-state index contributed by atoms with van der Waals surface area (Å²) in [7, 11) is 0. The van der Waals surface area contributed by atoms with Crippen LogP contribution in [0.15, 0.2) is 18.2 Å². The van der Waals surface area contributed by atoms with Gasteiger partial charge in [-0.2, -0.15) is 0 Å². The predicted molar refractivity (Wildman–Crippen MR) is 91.6 cm³/mol. The molecule has 126 valence electrons. The average Bonchev–Trinajstić information content (AvgIpc) is 2.81. The average molecular weight is 316 g/mol. The highest BCUT2D eigenvalue weighted by molar-refractivity contribution is 5.78. The molecule has 4 heteroatoms. The highest BCUT2D eigenvalue weighted by atomic mass is 16.5. The van der Waals surface area contributed by atoms with Gasteiger partial charge in [-0.15, -0.1) is 0 Å². The molecule has 0 spiro atoms. The van der Waals surface area contributed by atoms with Gasteiger partial charge < -0.3 is 15.4 Å². The van der Waals surface area contributed by atoms with Crippen LogP contribution in [0.25, 0.3) is 0 Å². The smallest absolute Gasteiger partial charge is 0.234 e. The number of hydrogen-bond donors (Lipinski definition) is 2. The fraction of sp³-hybridized carbons (Fsp3) is 0.632. The van der Waals surface area contributed by atoms with Gasteiger partial charge in [-0.1, -0.05) is 31.4 Å². The molecule has 1 aliphatic carbocycles. The lowest BCUT2D eigenvalue weighted by atomic mass is 9.95. The van der Waals surface area contributed by atoms with E-state index in [1.807, 2.05) is 6.07 Å². The van der Waals surface area contributed by atoms with Crippen molar-refractivity contribution >= 4 is 5.91 Å². The Bertz CT molecular complexity index is 562. The Morgan fingerprint density at radius 2 is 2.04 bits per heavy atom. The molecule has 1 amide bonds. The fourth-order valence-electron chi connectivity index (χ4n) is 3.62. The minimum atomic E-state index is -0.103. The second-order valence-electron chi connectivity index (χ2n) is 7.49. The number of hydrogen-bond acceptors (Lipinski definition) is 3. The van der Waals surface area contributed by atoms with Gasteiger partial charge in [-0.3, -0.25) is 4.79 Å². The SMILES string of the molecule is CC1(C)Cc2cc(CNCC(=O)NC3CCCCC3)ccc2O1. The first-order valence-corrected chi connectivity index (χ1v) is 8.83. The molecule has 3 rings (SSSR count). The molecule has 0 atom stereocenters. The van der Waals surface area contributed by atoms with Gasteiger partial charge in [-0.05, 0) is 43.9 Å². The maximum absolute atomic E-state index is 12.0. The van der Waals surface area contributed by atoms with Crippen molar-refractivity contribution in [2.75, 3.05) is 6.54 Å². The largest absolute Gasteiger partial charge is 0.487 e. The zero-order valence-electron chi connectivity index (χ0n) is 14.3. The quantitative estimate of drug-likeness (QED) is 0.878. The van der Waals surface area contributed by atoms with Crippen molar-refractivity contribution < 1.29 is 9.53 Å². The van der Waals surface area contributed by atoms with E-state index in [4.69, 9.17) is 4.74 Å². The molecule has 2 N–H and O–H groups in total. The van der Waals surface area contributed by atoms with E-state index >= 15 is 0 Å². The highest BCUT2D eigenvalue weighted by Crippen LogP contribution is 2.35. The second-order valence-corrected chi connectivity index (χ2v) is 7.49. The molecule has 1 saturated carbocycles. The van der Waals surface area contributed by atoms with Crippen LogP contribution >= 0.6 is 0 Å². The third kappa shape index (κ3) is 4.47. The zero-order valence-corrected chi connectivity index (χ0v) is 14.3. The summed E-state index contributed by atoms with van der Waals surface area (Å²) in [5.74, 6) is 1.11. The van der Waals surface area contributed by atoms with Crippen LogP contribution in [0.4, 0.5) is 0 Å². The van der Waals surface area contributed by atoms with Gasteiger partial charge >= 0.3 is 0 Å². The Morgan fingerprint density at radius 3 is 2.83 bits per heavy atom. The summed E-state index contributed by atoms with van der Waals surface area (Å²) in [5.41, 5.74) is 2.37. The number of nitrogens with one attached hydrogen (secondary N) is 2. The number of rotatable bonds is 5. The Morgan fingerprint density at radius 1 is 1.26 bits per heavy atom. The molecule has 1 heterocycles. The molecule has 1 aliphatic heterocycles. The fourth-order valence-corrected chi connectivity index (χ4v) is 3.62. The van der Waals surface area contributed by atoms with Gasteiger partial charge in [0.2, 0.25) is 5.91 Å². The summed E-state index contributed by atoms with van der Waals surface area (Å²) >= 11 is 0. The number of carbonyl (C=O) groups is 1. The standard InChI is InChI=1S/C19H28N2O2/c1-19(2)11-15-10-14(8-9-17(15)23-19)12-20-13-18(22)21-16-6-4-3-5-7-16/h8-10,16,20H,3-7,11-13H2,1-2H3,(H,21,22). The maximum atomic E-state index is 12.0. The van der Waals surface area contributed by atoms with Gasteiger partial charge in [0.25, 0.3) is 0 Å². The Labute approximate surface area is 139 Å². The number of amides is 1. The first kappa shape index (κ1) is 16.3. The van der Waals surface area contributed by atoms with Crippen LogP contribution in [-0.2, 0) is 17.8 Å². The summed E-state index contributed by atoms with van der Waals surface area (Å²) < 4.78 is 5.89. The maximum Gasteiger partial charge on any atom is 0.234 e. The molecule has 4 nitrogen and oxygen atoms in total. The van der Waals surface area contributed by atoms with Crippen LogP contribution in [0.1, 0.15) is 57.1 Å². The van der Waals surface area contributed by atoms with E-state index in [9.17, 15) is 4.79 Å². The van der Waals surface area contributed by atoms with E-state index in [1.54, 1.807) is 0 Å². The third-order valence-electron chi connectivity index (χ3n) is 4.71. The van der Waals surface area contributed by atoms with E-state index in [1.165, 1.54) is 30.4 Å². The molecule has 0 radical (unpaired) electrons. The minimum Gasteiger partial charge on any atom is -0.487 e. The summed E-state index contributed by atoms with van der Waals surface area (Å²) in [6, 6.07) is 6.70. The highest BCUT2D eigenvalue weighted by Gasteiger charge is 2.29. The van der Waals surface area contributed by atoms with Crippen molar-refractivity contribution in [2.45, 2.75) is 70.6 Å². The van der Waals surface area contributed by atoms with Crippen LogP contribution in [0.5, 0.6) is 5.75 Å². The zero-order chi connectivity index (χ0) is 16.3. The van der Waals surface area contributed by atoms with Crippen molar-refractivity contribution in [3.63, 3.8) is 0 Å². The van der Waals surface area contributed by atoms with Crippen molar-refractivity contribution in [3.8, 4) is 5.75 Å². The third-order valence-corrected chi connectivity index (χ3v) is 4.71. The van der Waals surface area contributed by atoms with E-state index in [0.29, 0.717) is 19.1 Å². The predicted octanol–water partition coefficient (Wildman–Crippen LogP) is 2.94. The molecule has 23 heavy (non-hydrogen) atoms. The van der Waals surface area contributed by atoms with E-state index < -0.39 is 0 Å². The Hall–Kier alpha value is -1.55. The molecule has 0 bridgehead atoms. The van der Waals surface area contributed by atoms with Crippen LogP contribution < -0.4 is 15.4 Å². The Balaban J connectivity index is 1.43. The van der Waals surface area contributed by atoms with Crippen LogP contribution in [0.3, 0.4) is 0 Å². The first-order chi connectivity index (χ1) is 11.0. The number of carbonyl (C=O) groups excluding carboxylic acids is 1. The van der Waals surface area contributed by atoms with Gasteiger partial charge in [0, 0.05) is 19.0 Å². The summed E-state index contributed by atoms with van der Waals surface area (Å²) in [6.07, 6.45) is 7.00. The molecule has 0 saturated heterocycles. The van der Waals surface area contributed by atoms with Crippen LogP contribution in [0, 0.1) is 0 Å². The van der Waals surface area contributed by atoms with Crippen molar-refractivity contribution in [2.24, 2.45) is 0 Å². The van der Waals surface area contributed by atoms with Crippen LogP contribution in [-0.4, -0.2) is 24.1 Å².